The fourth-order valence-corrected chi connectivity index (χ4v) is 1.55. The van der Waals surface area contributed by atoms with Gasteiger partial charge in [-0.05, 0) is 30.5 Å². The molecule has 1 aromatic carbocycles. The van der Waals surface area contributed by atoms with Gasteiger partial charge in [-0.3, -0.25) is 4.79 Å². The van der Waals surface area contributed by atoms with E-state index in [1.54, 1.807) is 0 Å². The van der Waals surface area contributed by atoms with Crippen LogP contribution in [-0.4, -0.2) is 12.5 Å². The standard InChI is InChI=1S/C14H18ClNO/c1-3-4-5-12-6-8-13(9-7-12)14(17)16-10-11(2)15/h6-9H,2-5,10H2,1H3,(H,16,17). The van der Waals surface area contributed by atoms with E-state index in [1.165, 1.54) is 18.4 Å². The molecule has 0 saturated carbocycles. The molecular weight excluding hydrogens is 234 g/mol. The van der Waals surface area contributed by atoms with Gasteiger partial charge >= 0.3 is 0 Å². The maximum absolute atomic E-state index is 11.7. The maximum Gasteiger partial charge on any atom is 0.251 e. The molecule has 17 heavy (non-hydrogen) atoms. The third kappa shape index (κ3) is 5.05. The summed E-state index contributed by atoms with van der Waals surface area (Å²) in [6.45, 7) is 5.99. The summed E-state index contributed by atoms with van der Waals surface area (Å²) in [6, 6.07) is 7.69. The van der Waals surface area contributed by atoms with Crippen LogP contribution >= 0.6 is 11.6 Å². The molecule has 1 rings (SSSR count). The minimum atomic E-state index is -0.117. The lowest BCUT2D eigenvalue weighted by Gasteiger charge is -2.05. The van der Waals surface area contributed by atoms with Crippen molar-refractivity contribution in [3.63, 3.8) is 0 Å². The zero-order valence-corrected chi connectivity index (χ0v) is 10.9. The highest BCUT2D eigenvalue weighted by Crippen LogP contribution is 2.08. The predicted molar refractivity (Wildman–Crippen MR) is 72.4 cm³/mol. The van der Waals surface area contributed by atoms with Crippen molar-refractivity contribution in [1.82, 2.24) is 5.32 Å². The largest absolute Gasteiger partial charge is 0.347 e. The van der Waals surface area contributed by atoms with Gasteiger partial charge in [-0.15, -0.1) is 0 Å². The number of amides is 1. The number of halogens is 1. The Hall–Kier alpha value is -1.28. The summed E-state index contributed by atoms with van der Waals surface area (Å²) in [4.78, 5) is 11.7. The van der Waals surface area contributed by atoms with Crippen LogP contribution in [0.5, 0.6) is 0 Å². The van der Waals surface area contributed by atoms with E-state index in [0.29, 0.717) is 17.1 Å². The van der Waals surface area contributed by atoms with E-state index < -0.39 is 0 Å². The first-order valence-corrected chi connectivity index (χ1v) is 6.21. The first kappa shape index (κ1) is 13.8. The van der Waals surface area contributed by atoms with Crippen LogP contribution in [-0.2, 0) is 6.42 Å². The summed E-state index contributed by atoms with van der Waals surface area (Å²) in [5, 5.41) is 3.12. The SMILES string of the molecule is C=C(Cl)CNC(=O)c1ccc(CCCC)cc1. The molecule has 1 N–H and O–H groups in total. The van der Waals surface area contributed by atoms with Crippen LogP contribution in [0.3, 0.4) is 0 Å². The lowest BCUT2D eigenvalue weighted by atomic mass is 10.1. The minimum Gasteiger partial charge on any atom is -0.347 e. The highest BCUT2D eigenvalue weighted by molar-refractivity contribution is 6.29. The zero-order valence-electron chi connectivity index (χ0n) is 10.1. The number of unbranched alkanes of at least 4 members (excludes halogenated alkanes) is 1. The second-order valence-electron chi connectivity index (χ2n) is 4.00. The van der Waals surface area contributed by atoms with Crippen molar-refractivity contribution in [1.29, 1.82) is 0 Å². The smallest absolute Gasteiger partial charge is 0.251 e. The summed E-state index contributed by atoms with van der Waals surface area (Å²) >= 11 is 5.58. The molecule has 3 heteroatoms. The van der Waals surface area contributed by atoms with Gasteiger partial charge in [0, 0.05) is 10.6 Å². The second kappa shape index (κ2) is 7.13. The molecular formula is C14H18ClNO. The van der Waals surface area contributed by atoms with Crippen molar-refractivity contribution in [2.75, 3.05) is 6.54 Å². The van der Waals surface area contributed by atoms with Crippen LogP contribution in [0.1, 0.15) is 35.7 Å². The summed E-state index contributed by atoms with van der Waals surface area (Å²) in [5.41, 5.74) is 1.92. The third-order valence-electron chi connectivity index (χ3n) is 2.48. The van der Waals surface area contributed by atoms with Crippen molar-refractivity contribution in [3.8, 4) is 0 Å². The Morgan fingerprint density at radius 2 is 2.00 bits per heavy atom. The quantitative estimate of drug-likeness (QED) is 0.824. The molecule has 0 atom stereocenters. The van der Waals surface area contributed by atoms with Gasteiger partial charge in [-0.1, -0.05) is 43.7 Å². The van der Waals surface area contributed by atoms with Crippen LogP contribution in [0.15, 0.2) is 35.9 Å². The Bertz CT molecular complexity index is 384. The van der Waals surface area contributed by atoms with Crippen molar-refractivity contribution in [3.05, 3.63) is 47.0 Å². The maximum atomic E-state index is 11.7. The molecule has 0 spiro atoms. The predicted octanol–water partition coefficient (Wildman–Crippen LogP) is 3.51. The molecule has 1 amide bonds. The molecule has 0 saturated heterocycles. The van der Waals surface area contributed by atoms with E-state index in [4.69, 9.17) is 11.6 Å². The van der Waals surface area contributed by atoms with Crippen LogP contribution < -0.4 is 5.32 Å². The molecule has 0 radical (unpaired) electrons. The molecule has 0 unspecified atom stereocenters. The number of aryl methyl sites for hydroxylation is 1. The van der Waals surface area contributed by atoms with Gasteiger partial charge < -0.3 is 5.32 Å². The van der Waals surface area contributed by atoms with Crippen molar-refractivity contribution in [2.24, 2.45) is 0 Å². The Morgan fingerprint density at radius 1 is 1.35 bits per heavy atom. The lowest BCUT2D eigenvalue weighted by Crippen LogP contribution is -2.24. The Kier molecular flexibility index (Phi) is 5.78. The molecule has 92 valence electrons. The van der Waals surface area contributed by atoms with E-state index >= 15 is 0 Å². The third-order valence-corrected chi connectivity index (χ3v) is 2.61. The molecule has 0 aromatic heterocycles. The second-order valence-corrected chi connectivity index (χ2v) is 4.53. The molecule has 0 heterocycles. The lowest BCUT2D eigenvalue weighted by molar-refractivity contribution is 0.0957. The fraction of sp³-hybridized carbons (Fsp3) is 0.357. The van der Waals surface area contributed by atoms with Crippen molar-refractivity contribution in [2.45, 2.75) is 26.2 Å². The molecule has 0 fully saturated rings. The molecule has 0 bridgehead atoms. The summed E-state index contributed by atoms with van der Waals surface area (Å²) < 4.78 is 0. The first-order chi connectivity index (χ1) is 8.13. The monoisotopic (exact) mass is 251 g/mol. The molecule has 0 aliphatic carbocycles. The number of hydrogen-bond acceptors (Lipinski definition) is 1. The minimum absolute atomic E-state index is 0.117. The number of hydrogen-bond donors (Lipinski definition) is 1. The molecule has 0 aliphatic rings. The average molecular weight is 252 g/mol. The summed E-state index contributed by atoms with van der Waals surface area (Å²) in [6.07, 6.45) is 3.43. The van der Waals surface area contributed by atoms with Gasteiger partial charge in [0.15, 0.2) is 0 Å². The number of carbonyl (C=O) groups is 1. The highest BCUT2D eigenvalue weighted by atomic mass is 35.5. The summed E-state index contributed by atoms with van der Waals surface area (Å²) in [7, 11) is 0. The summed E-state index contributed by atoms with van der Waals surface area (Å²) in [5.74, 6) is -0.117. The Balaban J connectivity index is 2.54. The van der Waals surface area contributed by atoms with Crippen LogP contribution in [0.25, 0.3) is 0 Å². The van der Waals surface area contributed by atoms with E-state index in [9.17, 15) is 4.79 Å². The van der Waals surface area contributed by atoms with Gasteiger partial charge in [-0.25, -0.2) is 0 Å². The molecule has 0 aliphatic heterocycles. The van der Waals surface area contributed by atoms with Gasteiger partial charge in [0.1, 0.15) is 0 Å². The fourth-order valence-electron chi connectivity index (χ4n) is 1.48. The van der Waals surface area contributed by atoms with E-state index in [0.717, 1.165) is 6.42 Å². The topological polar surface area (TPSA) is 29.1 Å². The Labute approximate surface area is 108 Å². The van der Waals surface area contributed by atoms with E-state index in [2.05, 4.69) is 18.8 Å². The van der Waals surface area contributed by atoms with E-state index in [1.807, 2.05) is 24.3 Å². The number of carbonyl (C=O) groups excluding carboxylic acids is 1. The van der Waals surface area contributed by atoms with Crippen LogP contribution in [0.4, 0.5) is 0 Å². The normalized spacial score (nSPS) is 10.0. The number of nitrogens with one attached hydrogen (secondary N) is 1. The van der Waals surface area contributed by atoms with Crippen molar-refractivity contribution < 1.29 is 4.79 Å². The molecule has 1 aromatic rings. The van der Waals surface area contributed by atoms with Gasteiger partial charge in [0.2, 0.25) is 0 Å². The van der Waals surface area contributed by atoms with Gasteiger partial charge in [-0.2, -0.15) is 0 Å². The Morgan fingerprint density at radius 3 is 2.53 bits per heavy atom. The van der Waals surface area contributed by atoms with Gasteiger partial charge in [0.25, 0.3) is 5.91 Å². The van der Waals surface area contributed by atoms with Crippen LogP contribution in [0, 0.1) is 0 Å². The van der Waals surface area contributed by atoms with Crippen molar-refractivity contribution >= 4 is 17.5 Å². The van der Waals surface area contributed by atoms with E-state index in [-0.39, 0.29) is 5.91 Å². The number of benzene rings is 1. The highest BCUT2D eigenvalue weighted by Gasteiger charge is 2.04. The van der Waals surface area contributed by atoms with Gasteiger partial charge in [0.05, 0.1) is 6.54 Å². The number of rotatable bonds is 6. The van der Waals surface area contributed by atoms with Crippen LogP contribution in [0.2, 0.25) is 0 Å². The first-order valence-electron chi connectivity index (χ1n) is 5.84. The molecule has 2 nitrogen and oxygen atoms in total. The zero-order chi connectivity index (χ0) is 12.7. The average Bonchev–Trinajstić information content (AvgIpc) is 2.34.